The molecule has 0 atom stereocenters. The average molecular weight is 176 g/mol. The Morgan fingerprint density at radius 3 is 2.46 bits per heavy atom. The van der Waals surface area contributed by atoms with Crippen LogP contribution in [-0.4, -0.2) is 4.57 Å². The predicted octanol–water partition coefficient (Wildman–Crippen LogP) is 2.81. The van der Waals surface area contributed by atoms with E-state index in [1.807, 2.05) is 13.0 Å². The summed E-state index contributed by atoms with van der Waals surface area (Å²) in [6.45, 7) is 9.37. The van der Waals surface area contributed by atoms with Gasteiger partial charge in [0, 0.05) is 17.9 Å². The van der Waals surface area contributed by atoms with Gasteiger partial charge in [-0.1, -0.05) is 13.8 Å². The van der Waals surface area contributed by atoms with Crippen molar-refractivity contribution in [3.05, 3.63) is 23.0 Å². The lowest BCUT2D eigenvalue weighted by Crippen LogP contribution is -2.03. The third-order valence-corrected chi connectivity index (χ3v) is 2.43. The standard InChI is InChI=1S/C11H16N2/c1-5-13-9(4)10(7-12)6-11(13)8(2)3/h6,8H,5H2,1-4H3. The van der Waals surface area contributed by atoms with E-state index in [1.165, 1.54) is 5.69 Å². The Morgan fingerprint density at radius 2 is 2.15 bits per heavy atom. The Balaban J connectivity index is 3.29. The Hall–Kier alpha value is -1.23. The first-order chi connectivity index (χ1) is 6.11. The molecule has 0 bridgehead atoms. The van der Waals surface area contributed by atoms with Crippen LogP contribution in [0.2, 0.25) is 0 Å². The van der Waals surface area contributed by atoms with Gasteiger partial charge in [-0.3, -0.25) is 0 Å². The fourth-order valence-electron chi connectivity index (χ4n) is 1.68. The van der Waals surface area contributed by atoms with Crippen LogP contribution in [0.15, 0.2) is 6.07 Å². The first-order valence-electron chi connectivity index (χ1n) is 4.71. The molecule has 0 aliphatic heterocycles. The minimum absolute atomic E-state index is 0.487. The van der Waals surface area contributed by atoms with Gasteiger partial charge in [0.15, 0.2) is 0 Å². The number of aromatic nitrogens is 1. The summed E-state index contributed by atoms with van der Waals surface area (Å²) >= 11 is 0. The van der Waals surface area contributed by atoms with Gasteiger partial charge in [0.2, 0.25) is 0 Å². The molecule has 0 saturated heterocycles. The highest BCUT2D eigenvalue weighted by molar-refractivity contribution is 5.38. The Bertz CT molecular complexity index is 340. The molecule has 13 heavy (non-hydrogen) atoms. The van der Waals surface area contributed by atoms with Gasteiger partial charge in [-0.05, 0) is 25.8 Å². The van der Waals surface area contributed by atoms with Gasteiger partial charge in [-0.2, -0.15) is 5.26 Å². The quantitative estimate of drug-likeness (QED) is 0.681. The van der Waals surface area contributed by atoms with Crippen molar-refractivity contribution in [2.24, 2.45) is 0 Å². The fraction of sp³-hybridized carbons (Fsp3) is 0.545. The van der Waals surface area contributed by atoms with Crippen LogP contribution in [0.4, 0.5) is 0 Å². The molecule has 1 aromatic heterocycles. The molecule has 0 aliphatic carbocycles. The van der Waals surface area contributed by atoms with Crippen molar-refractivity contribution in [3.63, 3.8) is 0 Å². The zero-order valence-electron chi connectivity index (χ0n) is 8.76. The Kier molecular flexibility index (Phi) is 2.77. The molecular weight excluding hydrogens is 160 g/mol. The lowest BCUT2D eigenvalue weighted by molar-refractivity contribution is 0.657. The van der Waals surface area contributed by atoms with Crippen molar-refractivity contribution in [1.29, 1.82) is 5.26 Å². The molecule has 1 rings (SSSR count). The molecule has 1 aromatic rings. The van der Waals surface area contributed by atoms with Gasteiger partial charge in [-0.15, -0.1) is 0 Å². The van der Waals surface area contributed by atoms with E-state index in [0.717, 1.165) is 17.8 Å². The lowest BCUT2D eigenvalue weighted by atomic mass is 10.1. The second-order valence-electron chi connectivity index (χ2n) is 3.58. The molecule has 2 heteroatoms. The van der Waals surface area contributed by atoms with Crippen LogP contribution in [0.25, 0.3) is 0 Å². The van der Waals surface area contributed by atoms with E-state index in [-0.39, 0.29) is 0 Å². The molecule has 2 nitrogen and oxygen atoms in total. The smallest absolute Gasteiger partial charge is 0.101 e. The number of hydrogen-bond donors (Lipinski definition) is 0. The summed E-state index contributed by atoms with van der Waals surface area (Å²) < 4.78 is 2.21. The second-order valence-corrected chi connectivity index (χ2v) is 3.58. The van der Waals surface area contributed by atoms with E-state index >= 15 is 0 Å². The first kappa shape index (κ1) is 9.85. The van der Waals surface area contributed by atoms with Gasteiger partial charge in [0.1, 0.15) is 6.07 Å². The molecular formula is C11H16N2. The largest absolute Gasteiger partial charge is 0.348 e. The Labute approximate surface area is 79.8 Å². The number of nitrogens with zero attached hydrogens (tertiary/aromatic N) is 2. The number of rotatable bonds is 2. The first-order valence-corrected chi connectivity index (χ1v) is 4.71. The maximum absolute atomic E-state index is 8.87. The summed E-state index contributed by atoms with van der Waals surface area (Å²) in [6.07, 6.45) is 0. The van der Waals surface area contributed by atoms with E-state index in [4.69, 9.17) is 5.26 Å². The fourth-order valence-corrected chi connectivity index (χ4v) is 1.68. The number of hydrogen-bond acceptors (Lipinski definition) is 1. The normalized spacial score (nSPS) is 10.5. The topological polar surface area (TPSA) is 28.7 Å². The molecule has 0 radical (unpaired) electrons. The zero-order valence-corrected chi connectivity index (χ0v) is 8.76. The summed E-state index contributed by atoms with van der Waals surface area (Å²) in [5.41, 5.74) is 3.16. The summed E-state index contributed by atoms with van der Waals surface area (Å²) in [5, 5.41) is 8.87. The number of nitriles is 1. The highest BCUT2D eigenvalue weighted by Gasteiger charge is 2.12. The van der Waals surface area contributed by atoms with E-state index in [2.05, 4.69) is 31.4 Å². The third-order valence-electron chi connectivity index (χ3n) is 2.43. The minimum atomic E-state index is 0.487. The zero-order chi connectivity index (χ0) is 10.0. The molecule has 0 spiro atoms. The van der Waals surface area contributed by atoms with Crippen LogP contribution in [0.3, 0.4) is 0 Å². The molecule has 70 valence electrons. The van der Waals surface area contributed by atoms with Crippen molar-refractivity contribution in [1.82, 2.24) is 4.57 Å². The molecule has 1 heterocycles. The monoisotopic (exact) mass is 176 g/mol. The molecule has 0 saturated carbocycles. The maximum Gasteiger partial charge on any atom is 0.101 e. The molecule has 0 fully saturated rings. The van der Waals surface area contributed by atoms with Crippen LogP contribution in [-0.2, 0) is 6.54 Å². The van der Waals surface area contributed by atoms with Crippen LogP contribution in [0.1, 0.15) is 43.6 Å². The van der Waals surface area contributed by atoms with E-state index in [0.29, 0.717) is 5.92 Å². The van der Waals surface area contributed by atoms with E-state index in [9.17, 15) is 0 Å². The summed E-state index contributed by atoms with van der Waals surface area (Å²) in [5.74, 6) is 0.487. The van der Waals surface area contributed by atoms with Gasteiger partial charge in [0.25, 0.3) is 0 Å². The van der Waals surface area contributed by atoms with Crippen LogP contribution in [0, 0.1) is 18.3 Å². The molecule has 0 aliphatic rings. The molecule has 0 amide bonds. The van der Waals surface area contributed by atoms with Crippen molar-refractivity contribution >= 4 is 0 Å². The predicted molar refractivity (Wildman–Crippen MR) is 53.6 cm³/mol. The van der Waals surface area contributed by atoms with Crippen molar-refractivity contribution in [3.8, 4) is 6.07 Å². The van der Waals surface area contributed by atoms with E-state index < -0.39 is 0 Å². The lowest BCUT2D eigenvalue weighted by Gasteiger charge is -2.10. The SMILES string of the molecule is CCn1c(C(C)C)cc(C#N)c1C. The molecule has 0 aromatic carbocycles. The Morgan fingerprint density at radius 1 is 1.54 bits per heavy atom. The van der Waals surface area contributed by atoms with Crippen LogP contribution < -0.4 is 0 Å². The summed E-state index contributed by atoms with van der Waals surface area (Å²) in [6, 6.07) is 4.23. The van der Waals surface area contributed by atoms with Crippen LogP contribution >= 0.6 is 0 Å². The minimum Gasteiger partial charge on any atom is -0.348 e. The average Bonchev–Trinajstić information content (AvgIpc) is 2.42. The van der Waals surface area contributed by atoms with Crippen molar-refractivity contribution in [2.45, 2.75) is 40.2 Å². The van der Waals surface area contributed by atoms with Gasteiger partial charge in [0.05, 0.1) is 5.56 Å². The highest BCUT2D eigenvalue weighted by Crippen LogP contribution is 2.21. The van der Waals surface area contributed by atoms with Gasteiger partial charge in [-0.25, -0.2) is 0 Å². The summed E-state index contributed by atoms with van der Waals surface area (Å²) in [4.78, 5) is 0. The van der Waals surface area contributed by atoms with Crippen molar-refractivity contribution in [2.75, 3.05) is 0 Å². The van der Waals surface area contributed by atoms with Gasteiger partial charge < -0.3 is 4.57 Å². The van der Waals surface area contributed by atoms with Crippen LogP contribution in [0.5, 0.6) is 0 Å². The second kappa shape index (κ2) is 3.66. The summed E-state index contributed by atoms with van der Waals surface area (Å²) in [7, 11) is 0. The molecule has 0 N–H and O–H groups in total. The van der Waals surface area contributed by atoms with Gasteiger partial charge >= 0.3 is 0 Å². The highest BCUT2D eigenvalue weighted by atomic mass is 15.0. The molecule has 0 unspecified atom stereocenters. The third kappa shape index (κ3) is 1.60. The van der Waals surface area contributed by atoms with Crippen molar-refractivity contribution < 1.29 is 0 Å². The maximum atomic E-state index is 8.87. The van der Waals surface area contributed by atoms with E-state index in [1.54, 1.807) is 0 Å².